The van der Waals surface area contributed by atoms with Crippen molar-refractivity contribution in [2.75, 3.05) is 20.1 Å². The van der Waals surface area contributed by atoms with E-state index >= 15 is 0 Å². The Balaban J connectivity index is 1.64. The van der Waals surface area contributed by atoms with Crippen LogP contribution in [-0.2, 0) is 24.3 Å². The normalized spacial score (nSPS) is 10.8. The molecule has 9 nitrogen and oxygen atoms in total. The van der Waals surface area contributed by atoms with Crippen LogP contribution < -0.4 is 10.9 Å². The summed E-state index contributed by atoms with van der Waals surface area (Å²) in [6, 6.07) is 17.0. The fourth-order valence-electron chi connectivity index (χ4n) is 4.13. The average Bonchev–Trinajstić information content (AvgIpc) is 2.93. The number of halogens is 1. The molecule has 0 saturated heterocycles. The third-order valence-corrected chi connectivity index (χ3v) is 6.20. The number of hydrogen-bond acceptors (Lipinski definition) is 6. The first-order valence-corrected chi connectivity index (χ1v) is 12.5. The first-order valence-electron chi connectivity index (χ1n) is 12.5. The second-order valence-corrected chi connectivity index (χ2v) is 9.02. The Labute approximate surface area is 224 Å². The van der Waals surface area contributed by atoms with Crippen LogP contribution in [0.2, 0.25) is 0 Å². The van der Waals surface area contributed by atoms with Crippen LogP contribution in [0.25, 0.3) is 11.0 Å². The van der Waals surface area contributed by atoms with E-state index in [2.05, 4.69) is 10.3 Å². The number of fused-ring (bicyclic) bond motifs is 1. The lowest BCUT2D eigenvalue weighted by Gasteiger charge is -2.20. The van der Waals surface area contributed by atoms with Crippen LogP contribution in [0, 0.1) is 5.82 Å². The number of nitrogens with zero attached hydrogens (tertiary/aromatic N) is 3. The molecule has 2 heterocycles. The number of ether oxygens (including phenoxy) is 1. The molecule has 4 aromatic rings. The Morgan fingerprint density at radius 1 is 1.08 bits per heavy atom. The molecule has 0 bridgehead atoms. The van der Waals surface area contributed by atoms with Crippen molar-refractivity contribution in [3.05, 3.63) is 105 Å². The van der Waals surface area contributed by atoms with E-state index in [-0.39, 0.29) is 37.6 Å². The van der Waals surface area contributed by atoms with Crippen LogP contribution in [0.5, 0.6) is 5.75 Å². The van der Waals surface area contributed by atoms with Gasteiger partial charge in [0.1, 0.15) is 23.5 Å². The second-order valence-electron chi connectivity index (χ2n) is 9.02. The summed E-state index contributed by atoms with van der Waals surface area (Å²) in [5, 5.41) is 13.4. The van der Waals surface area contributed by atoms with Crippen LogP contribution in [-0.4, -0.2) is 51.7 Å². The lowest BCUT2D eigenvalue weighted by molar-refractivity contribution is 0.0949. The molecule has 0 radical (unpaired) electrons. The SMILES string of the molecule is CCNC(=O)c1c(O)c2ncc(Cc3ccc(F)cc3)cc2n(CCN(C)C(=O)OCc2ccccc2)c1=O. The van der Waals surface area contributed by atoms with Gasteiger partial charge in [0.2, 0.25) is 0 Å². The first-order chi connectivity index (χ1) is 18.8. The molecule has 10 heteroatoms. The monoisotopic (exact) mass is 532 g/mol. The summed E-state index contributed by atoms with van der Waals surface area (Å²) in [6.07, 6.45) is 1.37. The Bertz CT molecular complexity index is 1540. The lowest BCUT2D eigenvalue weighted by atomic mass is 10.1. The number of aromatic nitrogens is 2. The zero-order valence-electron chi connectivity index (χ0n) is 21.7. The Hall–Kier alpha value is -4.73. The molecule has 2 aromatic heterocycles. The zero-order valence-corrected chi connectivity index (χ0v) is 21.7. The highest BCUT2D eigenvalue weighted by molar-refractivity contribution is 6.01. The maximum atomic E-state index is 13.5. The van der Waals surface area contributed by atoms with Crippen LogP contribution >= 0.6 is 0 Å². The average molecular weight is 533 g/mol. The van der Waals surface area contributed by atoms with Gasteiger partial charge in [-0.1, -0.05) is 42.5 Å². The van der Waals surface area contributed by atoms with Gasteiger partial charge in [-0.25, -0.2) is 9.18 Å². The van der Waals surface area contributed by atoms with Gasteiger partial charge in [-0.05, 0) is 48.2 Å². The van der Waals surface area contributed by atoms with Gasteiger partial charge in [-0.2, -0.15) is 0 Å². The van der Waals surface area contributed by atoms with Crippen molar-refractivity contribution < 1.29 is 23.8 Å². The molecule has 4 rings (SSSR count). The largest absolute Gasteiger partial charge is 0.505 e. The number of amides is 2. The first kappa shape index (κ1) is 27.3. The third-order valence-electron chi connectivity index (χ3n) is 6.20. The van der Waals surface area contributed by atoms with Gasteiger partial charge >= 0.3 is 6.09 Å². The van der Waals surface area contributed by atoms with E-state index in [1.165, 1.54) is 27.8 Å². The molecule has 0 fully saturated rings. The smallest absolute Gasteiger partial charge is 0.409 e. The predicted octanol–water partition coefficient (Wildman–Crippen LogP) is 3.85. The van der Waals surface area contributed by atoms with E-state index in [9.17, 15) is 23.9 Å². The molecule has 2 N–H and O–H groups in total. The van der Waals surface area contributed by atoms with Gasteiger partial charge in [0, 0.05) is 32.9 Å². The minimum Gasteiger partial charge on any atom is -0.505 e. The van der Waals surface area contributed by atoms with Crippen molar-refractivity contribution in [2.45, 2.75) is 26.5 Å². The number of hydrogen-bond donors (Lipinski definition) is 2. The molecule has 39 heavy (non-hydrogen) atoms. The standard InChI is InChI=1S/C29H29FN4O5/c1-3-31-27(36)24-26(35)25-23(16-21(17-32-25)15-19-9-11-22(30)12-10-19)34(28(24)37)14-13-33(2)29(38)39-18-20-7-5-4-6-8-20/h4-12,16-17,35H,3,13-15,18H2,1-2H3,(H,31,36). The quantitative estimate of drug-likeness (QED) is 0.339. The summed E-state index contributed by atoms with van der Waals surface area (Å²) >= 11 is 0. The predicted molar refractivity (Wildman–Crippen MR) is 144 cm³/mol. The van der Waals surface area contributed by atoms with E-state index in [4.69, 9.17) is 4.74 Å². The number of carbonyl (C=O) groups is 2. The summed E-state index contributed by atoms with van der Waals surface area (Å²) in [5.41, 5.74) is 1.63. The number of carbonyl (C=O) groups excluding carboxylic acids is 2. The van der Waals surface area contributed by atoms with E-state index in [0.29, 0.717) is 17.5 Å². The van der Waals surface area contributed by atoms with Crippen molar-refractivity contribution in [3.8, 4) is 5.75 Å². The zero-order chi connectivity index (χ0) is 27.9. The molecule has 0 unspecified atom stereocenters. The number of pyridine rings is 2. The van der Waals surface area contributed by atoms with Crippen molar-refractivity contribution in [3.63, 3.8) is 0 Å². The van der Waals surface area contributed by atoms with Gasteiger partial charge in [-0.15, -0.1) is 0 Å². The Morgan fingerprint density at radius 3 is 2.49 bits per heavy atom. The van der Waals surface area contributed by atoms with Crippen LogP contribution in [0.1, 0.15) is 34.0 Å². The molecule has 0 saturated carbocycles. The maximum absolute atomic E-state index is 13.5. The Morgan fingerprint density at radius 2 is 1.79 bits per heavy atom. The minimum atomic E-state index is -0.719. The van der Waals surface area contributed by atoms with E-state index < -0.39 is 28.9 Å². The van der Waals surface area contributed by atoms with Crippen molar-refractivity contribution in [2.24, 2.45) is 0 Å². The van der Waals surface area contributed by atoms with E-state index in [0.717, 1.165) is 11.1 Å². The van der Waals surface area contributed by atoms with Gasteiger partial charge in [0.05, 0.1) is 5.52 Å². The summed E-state index contributed by atoms with van der Waals surface area (Å²) in [7, 11) is 1.55. The van der Waals surface area contributed by atoms with Crippen LogP contribution in [0.4, 0.5) is 9.18 Å². The van der Waals surface area contributed by atoms with Gasteiger partial charge in [-0.3, -0.25) is 14.6 Å². The summed E-state index contributed by atoms with van der Waals surface area (Å²) in [5.74, 6) is -1.58. The van der Waals surface area contributed by atoms with Crippen molar-refractivity contribution in [1.82, 2.24) is 19.8 Å². The molecule has 0 spiro atoms. The molecular weight excluding hydrogens is 503 g/mol. The maximum Gasteiger partial charge on any atom is 0.409 e. The van der Waals surface area contributed by atoms with Gasteiger partial charge in [0.15, 0.2) is 5.75 Å². The number of likely N-dealkylation sites (N-methyl/N-ethyl adjacent to an activating group) is 1. The van der Waals surface area contributed by atoms with E-state index in [1.54, 1.807) is 32.2 Å². The van der Waals surface area contributed by atoms with Crippen molar-refractivity contribution in [1.29, 1.82) is 0 Å². The topological polar surface area (TPSA) is 114 Å². The molecule has 202 valence electrons. The summed E-state index contributed by atoms with van der Waals surface area (Å²) in [6.45, 7) is 2.16. The van der Waals surface area contributed by atoms with Gasteiger partial charge < -0.3 is 24.6 Å². The highest BCUT2D eigenvalue weighted by Crippen LogP contribution is 2.26. The third kappa shape index (κ3) is 6.40. The molecule has 0 atom stereocenters. The highest BCUT2D eigenvalue weighted by Gasteiger charge is 2.23. The fourth-order valence-corrected chi connectivity index (χ4v) is 4.13. The molecule has 2 aromatic carbocycles. The number of aromatic hydroxyl groups is 1. The lowest BCUT2D eigenvalue weighted by Crippen LogP contribution is -2.37. The molecule has 2 amide bonds. The molecular formula is C29H29FN4O5. The van der Waals surface area contributed by atoms with E-state index in [1.807, 2.05) is 30.3 Å². The fraction of sp³-hybridized carbons (Fsp3) is 0.241. The number of nitrogens with one attached hydrogen (secondary N) is 1. The van der Waals surface area contributed by atoms with Crippen LogP contribution in [0.15, 0.2) is 71.7 Å². The summed E-state index contributed by atoms with van der Waals surface area (Å²) in [4.78, 5) is 44.4. The molecule has 0 aliphatic heterocycles. The Kier molecular flexibility index (Phi) is 8.55. The number of benzene rings is 2. The van der Waals surface area contributed by atoms with Gasteiger partial charge in [0.25, 0.3) is 11.5 Å². The summed E-state index contributed by atoms with van der Waals surface area (Å²) < 4.78 is 20.0. The van der Waals surface area contributed by atoms with Crippen molar-refractivity contribution >= 4 is 23.0 Å². The minimum absolute atomic E-state index is 0.0145. The highest BCUT2D eigenvalue weighted by atomic mass is 19.1. The molecule has 0 aliphatic carbocycles. The second kappa shape index (κ2) is 12.2. The van der Waals surface area contributed by atoms with Crippen LogP contribution in [0.3, 0.4) is 0 Å². The number of rotatable bonds is 9. The molecule has 0 aliphatic rings.